The number of carbonyl (C=O) groups is 1. The molecule has 1 N–H and O–H groups in total. The van der Waals surface area contributed by atoms with Crippen LogP contribution in [0.15, 0.2) is 53.3 Å². The summed E-state index contributed by atoms with van der Waals surface area (Å²) in [6.07, 6.45) is 0. The lowest BCUT2D eigenvalue weighted by molar-refractivity contribution is 0.0680. The standard InChI is InChI=1S/C21H20N2O5/c1-26-8-7-23(21(25)14-5-3-2-4-6-14)12-16-9-15-10-18-19(28-13-27-18)11-17(15)22-20(16)24/h2-6,9-11H,7-8,12-13H2,1H3,(H,22,24). The van der Waals surface area contributed by atoms with Gasteiger partial charge in [0, 0.05) is 36.2 Å². The fourth-order valence-corrected chi connectivity index (χ4v) is 3.18. The molecular formula is C21H20N2O5. The number of fused-ring (bicyclic) bond motifs is 2. The van der Waals surface area contributed by atoms with E-state index in [2.05, 4.69) is 4.98 Å². The minimum atomic E-state index is -0.241. The van der Waals surface area contributed by atoms with Crippen LogP contribution in [0.25, 0.3) is 10.9 Å². The van der Waals surface area contributed by atoms with Crippen LogP contribution < -0.4 is 15.0 Å². The fraction of sp³-hybridized carbons (Fsp3) is 0.238. The third-order valence-electron chi connectivity index (χ3n) is 4.65. The van der Waals surface area contributed by atoms with E-state index in [1.54, 1.807) is 36.3 Å². The number of ether oxygens (including phenoxy) is 3. The number of carbonyl (C=O) groups excluding carboxylic acids is 1. The number of pyridine rings is 1. The molecule has 0 bridgehead atoms. The fourth-order valence-electron chi connectivity index (χ4n) is 3.18. The number of methoxy groups -OCH3 is 1. The molecule has 0 spiro atoms. The maximum Gasteiger partial charge on any atom is 0.254 e. The second-order valence-corrected chi connectivity index (χ2v) is 6.50. The highest BCUT2D eigenvalue weighted by molar-refractivity contribution is 5.94. The number of nitrogens with one attached hydrogen (secondary N) is 1. The average Bonchev–Trinajstić information content (AvgIpc) is 3.17. The number of aromatic nitrogens is 1. The lowest BCUT2D eigenvalue weighted by Gasteiger charge is -2.22. The van der Waals surface area contributed by atoms with Crippen molar-refractivity contribution in [3.8, 4) is 11.5 Å². The number of amides is 1. The van der Waals surface area contributed by atoms with E-state index in [9.17, 15) is 9.59 Å². The molecule has 0 atom stereocenters. The zero-order valence-corrected chi connectivity index (χ0v) is 15.4. The molecule has 2 heterocycles. The SMILES string of the molecule is COCCN(Cc1cc2cc3c(cc2[nH]c1=O)OCO3)C(=O)c1ccccc1. The molecule has 0 unspecified atom stereocenters. The predicted molar refractivity (Wildman–Crippen MR) is 104 cm³/mol. The van der Waals surface area contributed by atoms with Crippen LogP contribution >= 0.6 is 0 Å². The second kappa shape index (κ2) is 7.74. The molecule has 0 aliphatic carbocycles. The van der Waals surface area contributed by atoms with Gasteiger partial charge in [0.05, 0.1) is 18.7 Å². The van der Waals surface area contributed by atoms with Crippen LogP contribution in [0.2, 0.25) is 0 Å². The summed E-state index contributed by atoms with van der Waals surface area (Å²) < 4.78 is 15.9. The Labute approximate surface area is 161 Å². The zero-order chi connectivity index (χ0) is 19.5. The van der Waals surface area contributed by atoms with Gasteiger partial charge in [0.2, 0.25) is 6.79 Å². The van der Waals surface area contributed by atoms with Crippen molar-refractivity contribution in [2.75, 3.05) is 27.1 Å². The molecule has 7 nitrogen and oxygen atoms in total. The van der Waals surface area contributed by atoms with Crippen molar-refractivity contribution in [1.29, 1.82) is 0 Å². The van der Waals surface area contributed by atoms with Crippen LogP contribution in [-0.2, 0) is 11.3 Å². The van der Waals surface area contributed by atoms with Gasteiger partial charge >= 0.3 is 0 Å². The molecule has 1 aliphatic rings. The van der Waals surface area contributed by atoms with E-state index in [-0.39, 0.29) is 24.8 Å². The van der Waals surface area contributed by atoms with Crippen LogP contribution in [0, 0.1) is 0 Å². The normalized spacial score (nSPS) is 12.3. The summed E-state index contributed by atoms with van der Waals surface area (Å²) in [7, 11) is 1.58. The molecule has 1 amide bonds. The summed E-state index contributed by atoms with van der Waals surface area (Å²) in [6.45, 7) is 1.10. The van der Waals surface area contributed by atoms with Gasteiger partial charge in [-0.15, -0.1) is 0 Å². The van der Waals surface area contributed by atoms with E-state index in [0.29, 0.717) is 41.3 Å². The molecular weight excluding hydrogens is 360 g/mol. The van der Waals surface area contributed by atoms with E-state index < -0.39 is 0 Å². The van der Waals surface area contributed by atoms with Crippen LogP contribution in [-0.4, -0.2) is 42.8 Å². The highest BCUT2D eigenvalue weighted by Crippen LogP contribution is 2.35. The molecule has 1 aliphatic heterocycles. The van der Waals surface area contributed by atoms with Crippen molar-refractivity contribution in [1.82, 2.24) is 9.88 Å². The number of hydrogen-bond acceptors (Lipinski definition) is 5. The maximum atomic E-state index is 12.9. The zero-order valence-electron chi connectivity index (χ0n) is 15.4. The Morgan fingerprint density at radius 2 is 1.89 bits per heavy atom. The molecule has 0 saturated heterocycles. The number of aromatic amines is 1. The van der Waals surface area contributed by atoms with Crippen molar-refractivity contribution in [3.63, 3.8) is 0 Å². The lowest BCUT2D eigenvalue weighted by Crippen LogP contribution is -2.35. The first-order valence-electron chi connectivity index (χ1n) is 8.94. The number of hydrogen-bond donors (Lipinski definition) is 1. The smallest absolute Gasteiger partial charge is 0.254 e. The van der Waals surface area contributed by atoms with E-state index in [4.69, 9.17) is 14.2 Å². The van der Waals surface area contributed by atoms with E-state index in [1.807, 2.05) is 24.3 Å². The van der Waals surface area contributed by atoms with E-state index >= 15 is 0 Å². The summed E-state index contributed by atoms with van der Waals surface area (Å²) in [5.41, 5.74) is 1.48. The van der Waals surface area contributed by atoms with Crippen molar-refractivity contribution in [3.05, 3.63) is 70.0 Å². The van der Waals surface area contributed by atoms with E-state index in [0.717, 1.165) is 5.39 Å². The summed E-state index contributed by atoms with van der Waals surface area (Å²) in [5, 5.41) is 0.817. The molecule has 0 radical (unpaired) electrons. The van der Waals surface area contributed by atoms with Gasteiger partial charge in [-0.25, -0.2) is 0 Å². The third-order valence-corrected chi connectivity index (χ3v) is 4.65. The first-order valence-corrected chi connectivity index (χ1v) is 8.94. The molecule has 3 aromatic rings. The van der Waals surface area contributed by atoms with Crippen LogP contribution in [0.1, 0.15) is 15.9 Å². The van der Waals surface area contributed by atoms with Crippen molar-refractivity contribution in [2.24, 2.45) is 0 Å². The number of nitrogens with zero attached hydrogens (tertiary/aromatic N) is 1. The van der Waals surface area contributed by atoms with Crippen molar-refractivity contribution >= 4 is 16.8 Å². The highest BCUT2D eigenvalue weighted by Gasteiger charge is 2.19. The number of benzene rings is 2. The minimum absolute atomic E-state index is 0.150. The molecule has 28 heavy (non-hydrogen) atoms. The minimum Gasteiger partial charge on any atom is -0.454 e. The molecule has 7 heteroatoms. The van der Waals surface area contributed by atoms with E-state index in [1.165, 1.54) is 0 Å². The Morgan fingerprint density at radius 3 is 2.64 bits per heavy atom. The Hall–Kier alpha value is -3.32. The molecule has 144 valence electrons. The second-order valence-electron chi connectivity index (χ2n) is 6.50. The Morgan fingerprint density at radius 1 is 1.14 bits per heavy atom. The number of rotatable bonds is 6. The van der Waals surface area contributed by atoms with Crippen molar-refractivity contribution in [2.45, 2.75) is 6.54 Å². The van der Waals surface area contributed by atoms with Gasteiger partial charge in [-0.3, -0.25) is 9.59 Å². The average molecular weight is 380 g/mol. The lowest BCUT2D eigenvalue weighted by atomic mass is 10.1. The topological polar surface area (TPSA) is 80.9 Å². The summed E-state index contributed by atoms with van der Waals surface area (Å²) in [4.78, 5) is 30.0. The predicted octanol–water partition coefficient (Wildman–Crippen LogP) is 2.55. The Bertz CT molecular complexity index is 1060. The highest BCUT2D eigenvalue weighted by atomic mass is 16.7. The summed E-state index contributed by atoms with van der Waals surface area (Å²) >= 11 is 0. The van der Waals surface area contributed by atoms with Crippen molar-refractivity contribution < 1.29 is 19.0 Å². The van der Waals surface area contributed by atoms with Gasteiger partial charge in [-0.05, 0) is 24.3 Å². The first-order chi connectivity index (χ1) is 13.7. The van der Waals surface area contributed by atoms with Gasteiger partial charge in [0.1, 0.15) is 0 Å². The van der Waals surface area contributed by atoms with Gasteiger partial charge in [0.25, 0.3) is 11.5 Å². The monoisotopic (exact) mass is 380 g/mol. The first kappa shape index (κ1) is 18.1. The van der Waals surface area contributed by atoms with Gasteiger partial charge in [-0.1, -0.05) is 18.2 Å². The van der Waals surface area contributed by atoms with Crippen LogP contribution in [0.5, 0.6) is 11.5 Å². The van der Waals surface area contributed by atoms with Gasteiger partial charge < -0.3 is 24.1 Å². The number of H-pyrrole nitrogens is 1. The largest absolute Gasteiger partial charge is 0.454 e. The molecule has 0 fully saturated rings. The maximum absolute atomic E-state index is 12.9. The van der Waals surface area contributed by atoms with Gasteiger partial charge in [0.15, 0.2) is 11.5 Å². The quantitative estimate of drug-likeness (QED) is 0.711. The Kier molecular flexibility index (Phi) is 4.99. The molecule has 2 aromatic carbocycles. The third kappa shape index (κ3) is 3.57. The summed E-state index contributed by atoms with van der Waals surface area (Å²) in [5.74, 6) is 1.10. The van der Waals surface area contributed by atoms with Gasteiger partial charge in [-0.2, -0.15) is 0 Å². The van der Waals surface area contributed by atoms with Crippen LogP contribution in [0.4, 0.5) is 0 Å². The summed E-state index contributed by atoms with van der Waals surface area (Å²) in [6, 6.07) is 14.4. The van der Waals surface area contributed by atoms with Crippen LogP contribution in [0.3, 0.4) is 0 Å². The molecule has 1 aromatic heterocycles. The molecule has 0 saturated carbocycles. The Balaban J connectivity index is 1.66. The molecule has 4 rings (SSSR count).